The topological polar surface area (TPSA) is 114 Å². The van der Waals surface area contributed by atoms with Crippen LogP contribution in [-0.4, -0.2) is 57.9 Å². The molecule has 1 amide bonds. The van der Waals surface area contributed by atoms with Crippen LogP contribution in [0.25, 0.3) is 0 Å². The van der Waals surface area contributed by atoms with E-state index in [0.29, 0.717) is 25.8 Å². The molecule has 3 atom stereocenters. The number of ether oxygens (including phenoxy) is 2. The fourth-order valence-corrected chi connectivity index (χ4v) is 4.90. The zero-order valence-electron chi connectivity index (χ0n) is 16.0. The van der Waals surface area contributed by atoms with E-state index in [1.807, 2.05) is 0 Å². The minimum absolute atomic E-state index is 0.0547. The monoisotopic (exact) mass is 412 g/mol. The van der Waals surface area contributed by atoms with Gasteiger partial charge in [0.2, 0.25) is 15.9 Å². The molecule has 3 rings (SSSR count). The molecule has 0 spiro atoms. The van der Waals surface area contributed by atoms with Gasteiger partial charge in [-0.15, -0.1) is 0 Å². The number of methoxy groups -OCH3 is 1. The molecular formula is C19H28N2O6S. The van der Waals surface area contributed by atoms with Crippen molar-refractivity contribution in [1.29, 1.82) is 0 Å². The lowest BCUT2D eigenvalue weighted by atomic mass is 9.98. The van der Waals surface area contributed by atoms with Gasteiger partial charge in [0.25, 0.3) is 0 Å². The summed E-state index contributed by atoms with van der Waals surface area (Å²) in [6, 6.07) is 5.86. The number of sulfonamides is 1. The van der Waals surface area contributed by atoms with Gasteiger partial charge in [0, 0.05) is 12.5 Å². The van der Waals surface area contributed by atoms with Crippen LogP contribution in [0.3, 0.4) is 0 Å². The maximum absolute atomic E-state index is 12.8. The quantitative estimate of drug-likeness (QED) is 0.553. The average molecular weight is 413 g/mol. The molecule has 0 unspecified atom stereocenters. The van der Waals surface area contributed by atoms with Crippen LogP contribution < -0.4 is 14.8 Å². The van der Waals surface area contributed by atoms with Crippen molar-refractivity contribution >= 4 is 15.9 Å². The second-order valence-electron chi connectivity index (χ2n) is 7.29. The molecule has 1 heterocycles. The number of para-hydroxylation sites is 1. The summed E-state index contributed by atoms with van der Waals surface area (Å²) < 4.78 is 39.2. The number of carbonyl (C=O) groups excluding carboxylic acids is 1. The average Bonchev–Trinajstić information content (AvgIpc) is 3.54. The number of hydrogen-bond acceptors (Lipinski definition) is 6. The number of benzene rings is 1. The number of amides is 1. The first-order valence-corrected chi connectivity index (χ1v) is 11.1. The fourth-order valence-electron chi connectivity index (χ4n) is 3.43. The predicted octanol–water partition coefficient (Wildman–Crippen LogP) is 0.798. The van der Waals surface area contributed by atoms with Crippen LogP contribution in [-0.2, 0) is 19.6 Å². The van der Waals surface area contributed by atoms with Gasteiger partial charge in [-0.1, -0.05) is 12.1 Å². The van der Waals surface area contributed by atoms with Gasteiger partial charge in [-0.25, -0.2) is 13.1 Å². The third-order valence-electron chi connectivity index (χ3n) is 5.17. The van der Waals surface area contributed by atoms with Crippen LogP contribution in [0.1, 0.15) is 32.1 Å². The van der Waals surface area contributed by atoms with Crippen LogP contribution >= 0.6 is 0 Å². The van der Waals surface area contributed by atoms with Gasteiger partial charge >= 0.3 is 0 Å². The van der Waals surface area contributed by atoms with E-state index >= 15 is 0 Å². The van der Waals surface area contributed by atoms with Gasteiger partial charge in [0.15, 0.2) is 0 Å². The molecule has 8 nitrogen and oxygen atoms in total. The Labute approximate surface area is 165 Å². The Kier molecular flexibility index (Phi) is 6.92. The Bertz CT molecular complexity index is 780. The molecule has 1 aliphatic carbocycles. The Hall–Kier alpha value is -1.68. The van der Waals surface area contributed by atoms with Crippen LogP contribution in [0.2, 0.25) is 0 Å². The highest BCUT2D eigenvalue weighted by molar-refractivity contribution is 7.89. The zero-order chi connectivity index (χ0) is 20.1. The van der Waals surface area contributed by atoms with Crippen LogP contribution in [0.5, 0.6) is 5.75 Å². The first-order valence-electron chi connectivity index (χ1n) is 9.64. The van der Waals surface area contributed by atoms with Crippen molar-refractivity contribution in [3.8, 4) is 5.75 Å². The number of carbonyl (C=O) groups is 1. The van der Waals surface area contributed by atoms with Crippen molar-refractivity contribution in [3.05, 3.63) is 24.3 Å². The Balaban J connectivity index is 1.55. The van der Waals surface area contributed by atoms with Crippen molar-refractivity contribution in [1.82, 2.24) is 10.0 Å². The van der Waals surface area contributed by atoms with Crippen LogP contribution in [0.15, 0.2) is 29.2 Å². The van der Waals surface area contributed by atoms with Gasteiger partial charge < -0.3 is 19.9 Å². The van der Waals surface area contributed by atoms with E-state index in [1.165, 1.54) is 13.2 Å². The highest BCUT2D eigenvalue weighted by atomic mass is 32.2. The largest absolute Gasteiger partial charge is 0.495 e. The molecular weight excluding hydrogens is 384 g/mol. The number of hydrogen-bond donors (Lipinski definition) is 3. The molecule has 9 heteroatoms. The Morgan fingerprint density at radius 2 is 2.00 bits per heavy atom. The summed E-state index contributed by atoms with van der Waals surface area (Å²) in [5.41, 5.74) is 0. The van der Waals surface area contributed by atoms with E-state index < -0.39 is 22.2 Å². The van der Waals surface area contributed by atoms with Gasteiger partial charge in [-0.2, -0.15) is 0 Å². The summed E-state index contributed by atoms with van der Waals surface area (Å²) in [6.45, 7) is 0.236. The number of rotatable bonds is 9. The van der Waals surface area contributed by atoms with E-state index in [-0.39, 0.29) is 35.2 Å². The molecule has 1 saturated carbocycles. The third-order valence-corrected chi connectivity index (χ3v) is 6.70. The smallest absolute Gasteiger partial charge is 0.244 e. The Morgan fingerprint density at radius 3 is 2.68 bits per heavy atom. The van der Waals surface area contributed by atoms with E-state index in [9.17, 15) is 18.3 Å². The second-order valence-corrected chi connectivity index (χ2v) is 8.97. The predicted molar refractivity (Wildman–Crippen MR) is 102 cm³/mol. The second kappa shape index (κ2) is 9.21. The molecule has 1 aromatic rings. The summed E-state index contributed by atoms with van der Waals surface area (Å²) in [6.07, 6.45) is 3.00. The van der Waals surface area contributed by atoms with E-state index in [4.69, 9.17) is 9.47 Å². The molecule has 2 aliphatic rings. The first kappa shape index (κ1) is 21.0. The Morgan fingerprint density at radius 1 is 1.25 bits per heavy atom. The molecule has 1 aromatic carbocycles. The molecule has 1 saturated heterocycles. The SMILES string of the molecule is COc1ccccc1S(=O)(=O)N[C@H]1CC[C@@H](CCNC(=O)C2CC2)O[C@H]1CO. The zero-order valence-corrected chi connectivity index (χ0v) is 16.8. The summed E-state index contributed by atoms with van der Waals surface area (Å²) in [5.74, 6) is 0.528. The van der Waals surface area contributed by atoms with Crippen molar-refractivity contribution in [2.45, 2.75) is 55.2 Å². The first-order chi connectivity index (χ1) is 13.4. The number of aliphatic hydroxyl groups is 1. The van der Waals surface area contributed by atoms with Crippen LogP contribution in [0, 0.1) is 5.92 Å². The minimum Gasteiger partial charge on any atom is -0.495 e. The highest BCUT2D eigenvalue weighted by Crippen LogP contribution is 2.29. The van der Waals surface area contributed by atoms with Crippen molar-refractivity contribution in [2.75, 3.05) is 20.3 Å². The summed E-state index contributed by atoms with van der Waals surface area (Å²) in [7, 11) is -2.40. The summed E-state index contributed by atoms with van der Waals surface area (Å²) in [4.78, 5) is 11.7. The van der Waals surface area contributed by atoms with Crippen LogP contribution in [0.4, 0.5) is 0 Å². The lowest BCUT2D eigenvalue weighted by Gasteiger charge is -2.36. The fraction of sp³-hybridized carbons (Fsp3) is 0.632. The van der Waals surface area contributed by atoms with Gasteiger partial charge in [-0.3, -0.25) is 4.79 Å². The van der Waals surface area contributed by atoms with Crippen molar-refractivity contribution in [3.63, 3.8) is 0 Å². The molecule has 156 valence electrons. The molecule has 28 heavy (non-hydrogen) atoms. The standard InChI is InChI=1S/C19H28N2O6S/c1-26-16-4-2-3-5-18(16)28(24,25)21-15-9-8-14(27-17(15)12-22)10-11-20-19(23)13-6-7-13/h2-5,13-15,17,21-22H,6-12H2,1H3,(H,20,23)/t14-,15-,17-/m0/s1. The molecule has 1 aliphatic heterocycles. The van der Waals surface area contributed by atoms with Gasteiger partial charge in [0.05, 0.1) is 32.0 Å². The number of nitrogens with one attached hydrogen (secondary N) is 2. The molecule has 2 fully saturated rings. The summed E-state index contributed by atoms with van der Waals surface area (Å²) >= 11 is 0. The van der Waals surface area contributed by atoms with Crippen molar-refractivity contribution in [2.24, 2.45) is 5.92 Å². The normalized spacial score (nSPS) is 25.3. The van der Waals surface area contributed by atoms with Gasteiger partial charge in [0.1, 0.15) is 10.6 Å². The van der Waals surface area contributed by atoms with Gasteiger partial charge in [-0.05, 0) is 44.2 Å². The molecule has 0 bridgehead atoms. The highest BCUT2D eigenvalue weighted by Gasteiger charge is 2.35. The lowest BCUT2D eigenvalue weighted by molar-refractivity contribution is -0.122. The minimum atomic E-state index is -3.82. The maximum Gasteiger partial charge on any atom is 0.244 e. The van der Waals surface area contributed by atoms with Crippen molar-refractivity contribution < 1.29 is 27.8 Å². The van der Waals surface area contributed by atoms with E-state index in [0.717, 1.165) is 12.8 Å². The molecule has 0 aromatic heterocycles. The van der Waals surface area contributed by atoms with E-state index in [1.54, 1.807) is 18.2 Å². The maximum atomic E-state index is 12.8. The summed E-state index contributed by atoms with van der Waals surface area (Å²) in [5, 5.41) is 12.6. The number of aliphatic hydroxyl groups excluding tert-OH is 1. The van der Waals surface area contributed by atoms with E-state index in [2.05, 4.69) is 10.0 Å². The lowest BCUT2D eigenvalue weighted by Crippen LogP contribution is -2.51. The molecule has 0 radical (unpaired) electrons. The third kappa shape index (κ3) is 5.22. The molecule has 3 N–H and O–H groups in total.